The molecule has 0 fully saturated rings. The number of rotatable bonds is 5. The molecule has 0 rings (SSSR count). The number of ether oxygens (including phenoxy) is 1. The molecule has 0 aromatic rings. The molecular weight excluding hydrogens is 174 g/mol. The van der Waals surface area contributed by atoms with Crippen molar-refractivity contribution < 1.29 is 19.4 Å². The summed E-state index contributed by atoms with van der Waals surface area (Å²) in [6.45, 7) is 3.32. The molecule has 0 aromatic carbocycles. The molecule has 5 nitrogen and oxygen atoms in total. The van der Waals surface area contributed by atoms with Crippen molar-refractivity contribution in [2.45, 2.75) is 25.9 Å². The van der Waals surface area contributed by atoms with E-state index in [4.69, 9.17) is 10.8 Å². The van der Waals surface area contributed by atoms with E-state index in [0.717, 1.165) is 6.29 Å². The maximum absolute atomic E-state index is 10.3. The zero-order chi connectivity index (χ0) is 10.5. The van der Waals surface area contributed by atoms with Gasteiger partial charge in [0.2, 0.25) is 0 Å². The van der Waals surface area contributed by atoms with Gasteiger partial charge in [0, 0.05) is 12.5 Å². The monoisotopic (exact) mass is 189 g/mol. The van der Waals surface area contributed by atoms with E-state index in [-0.39, 0.29) is 12.5 Å². The molecule has 0 aliphatic carbocycles. The van der Waals surface area contributed by atoms with Crippen LogP contribution < -0.4 is 5.73 Å². The van der Waals surface area contributed by atoms with Crippen molar-refractivity contribution in [3.8, 4) is 0 Å². The Morgan fingerprint density at radius 1 is 1.77 bits per heavy atom. The third-order valence-electron chi connectivity index (χ3n) is 1.75. The highest BCUT2D eigenvalue weighted by Gasteiger charge is 2.29. The van der Waals surface area contributed by atoms with Crippen LogP contribution in [0.5, 0.6) is 0 Å². The lowest BCUT2D eigenvalue weighted by atomic mass is 9.94. The third kappa shape index (κ3) is 4.47. The second-order valence-corrected chi connectivity index (χ2v) is 3.34. The van der Waals surface area contributed by atoms with Crippen molar-refractivity contribution >= 4 is 12.4 Å². The molecule has 76 valence electrons. The molecule has 3 N–H and O–H groups in total. The molecular formula is C8H15NO4. The number of carbonyl (C=O) groups is 2. The molecule has 0 radical (unpaired) electrons. The van der Waals surface area contributed by atoms with E-state index < -0.39 is 11.8 Å². The minimum atomic E-state index is -1.37. The second kappa shape index (κ2) is 4.81. The SMILES string of the molecule is CC(C=O)CC(C)(CN)OC(=O)O. The van der Waals surface area contributed by atoms with Gasteiger partial charge < -0.3 is 20.4 Å². The van der Waals surface area contributed by atoms with Crippen LogP contribution in [0.25, 0.3) is 0 Å². The van der Waals surface area contributed by atoms with Crippen LogP contribution >= 0.6 is 0 Å². The summed E-state index contributed by atoms with van der Waals surface area (Å²) in [4.78, 5) is 20.6. The number of aldehydes is 1. The van der Waals surface area contributed by atoms with Crippen LogP contribution in [0.4, 0.5) is 4.79 Å². The van der Waals surface area contributed by atoms with Gasteiger partial charge in [0.1, 0.15) is 11.9 Å². The average molecular weight is 189 g/mol. The molecule has 0 aliphatic rings. The van der Waals surface area contributed by atoms with Crippen LogP contribution in [-0.2, 0) is 9.53 Å². The molecule has 2 atom stereocenters. The quantitative estimate of drug-likeness (QED) is 0.489. The largest absolute Gasteiger partial charge is 0.506 e. The summed E-state index contributed by atoms with van der Waals surface area (Å²) in [7, 11) is 0. The molecule has 0 saturated heterocycles. The van der Waals surface area contributed by atoms with E-state index in [1.54, 1.807) is 13.8 Å². The number of nitrogens with two attached hydrogens (primary N) is 1. The Bertz CT molecular complexity index is 195. The molecule has 0 spiro atoms. The fourth-order valence-corrected chi connectivity index (χ4v) is 1.11. The van der Waals surface area contributed by atoms with Gasteiger partial charge in [0.25, 0.3) is 0 Å². The summed E-state index contributed by atoms with van der Waals surface area (Å²) in [5.41, 5.74) is 4.39. The summed E-state index contributed by atoms with van der Waals surface area (Å²) >= 11 is 0. The van der Waals surface area contributed by atoms with Crippen LogP contribution in [0.1, 0.15) is 20.3 Å². The first-order valence-corrected chi connectivity index (χ1v) is 4.01. The van der Waals surface area contributed by atoms with Crippen molar-refractivity contribution in [2.75, 3.05) is 6.54 Å². The molecule has 5 heteroatoms. The number of carboxylic acid groups (broad SMARTS) is 1. The molecule has 0 aliphatic heterocycles. The second-order valence-electron chi connectivity index (χ2n) is 3.34. The minimum absolute atomic E-state index is 0.0669. The molecule has 0 heterocycles. The fourth-order valence-electron chi connectivity index (χ4n) is 1.11. The summed E-state index contributed by atoms with van der Waals surface area (Å²) in [6.07, 6.45) is -0.315. The van der Waals surface area contributed by atoms with E-state index in [1.807, 2.05) is 0 Å². The third-order valence-corrected chi connectivity index (χ3v) is 1.75. The normalized spacial score (nSPS) is 17.2. The Morgan fingerprint density at radius 2 is 2.31 bits per heavy atom. The minimum Gasteiger partial charge on any atom is -0.450 e. The van der Waals surface area contributed by atoms with E-state index in [9.17, 15) is 9.59 Å². The van der Waals surface area contributed by atoms with Gasteiger partial charge >= 0.3 is 6.16 Å². The van der Waals surface area contributed by atoms with E-state index >= 15 is 0 Å². The van der Waals surface area contributed by atoms with Crippen molar-refractivity contribution in [3.05, 3.63) is 0 Å². The van der Waals surface area contributed by atoms with Crippen molar-refractivity contribution in [2.24, 2.45) is 11.7 Å². The highest BCUT2D eigenvalue weighted by atomic mass is 16.7. The van der Waals surface area contributed by atoms with Gasteiger partial charge in [-0.3, -0.25) is 0 Å². The van der Waals surface area contributed by atoms with Gasteiger partial charge in [0.05, 0.1) is 0 Å². The summed E-state index contributed by atoms with van der Waals surface area (Å²) in [5.74, 6) is -0.257. The molecule has 0 aromatic heterocycles. The first kappa shape index (κ1) is 11.9. The van der Waals surface area contributed by atoms with Gasteiger partial charge in [0.15, 0.2) is 0 Å². The van der Waals surface area contributed by atoms with Crippen LogP contribution in [-0.4, -0.2) is 29.7 Å². The molecule has 13 heavy (non-hydrogen) atoms. The smallest absolute Gasteiger partial charge is 0.450 e. The lowest BCUT2D eigenvalue weighted by Gasteiger charge is -2.27. The predicted octanol–water partition coefficient (Wildman–Crippen LogP) is 0.623. The average Bonchev–Trinajstić information content (AvgIpc) is 2.02. The molecule has 2 unspecified atom stereocenters. The number of carbonyl (C=O) groups excluding carboxylic acids is 1. The molecule has 0 amide bonds. The lowest BCUT2D eigenvalue weighted by Crippen LogP contribution is -2.40. The molecule has 0 bridgehead atoms. The fraction of sp³-hybridized carbons (Fsp3) is 0.750. The highest BCUT2D eigenvalue weighted by Crippen LogP contribution is 2.18. The Labute approximate surface area is 76.9 Å². The zero-order valence-corrected chi connectivity index (χ0v) is 7.82. The van der Waals surface area contributed by atoms with Crippen LogP contribution in [0.3, 0.4) is 0 Å². The van der Waals surface area contributed by atoms with Crippen LogP contribution in [0, 0.1) is 5.92 Å². The van der Waals surface area contributed by atoms with Crippen molar-refractivity contribution in [3.63, 3.8) is 0 Å². The number of hydrogen-bond donors (Lipinski definition) is 2. The summed E-state index contributed by atoms with van der Waals surface area (Å²) < 4.78 is 4.59. The Kier molecular flexibility index (Phi) is 4.40. The van der Waals surface area contributed by atoms with Gasteiger partial charge in [-0.25, -0.2) is 4.79 Å². The van der Waals surface area contributed by atoms with Gasteiger partial charge in [-0.05, 0) is 13.3 Å². The van der Waals surface area contributed by atoms with Gasteiger partial charge in [-0.1, -0.05) is 6.92 Å². The number of hydrogen-bond acceptors (Lipinski definition) is 4. The van der Waals surface area contributed by atoms with E-state index in [0.29, 0.717) is 6.42 Å². The van der Waals surface area contributed by atoms with Crippen molar-refractivity contribution in [1.29, 1.82) is 0 Å². The van der Waals surface area contributed by atoms with E-state index in [2.05, 4.69) is 4.74 Å². The topological polar surface area (TPSA) is 89.6 Å². The maximum Gasteiger partial charge on any atom is 0.506 e. The Morgan fingerprint density at radius 3 is 2.62 bits per heavy atom. The van der Waals surface area contributed by atoms with E-state index in [1.165, 1.54) is 0 Å². The Balaban J connectivity index is 4.26. The van der Waals surface area contributed by atoms with Gasteiger partial charge in [-0.15, -0.1) is 0 Å². The predicted molar refractivity (Wildman–Crippen MR) is 46.4 cm³/mol. The first-order chi connectivity index (χ1) is 5.93. The van der Waals surface area contributed by atoms with Crippen molar-refractivity contribution in [1.82, 2.24) is 0 Å². The zero-order valence-electron chi connectivity index (χ0n) is 7.82. The lowest BCUT2D eigenvalue weighted by molar-refractivity contribution is -0.112. The summed E-state index contributed by atoms with van der Waals surface area (Å²) in [5, 5.41) is 8.40. The van der Waals surface area contributed by atoms with Crippen LogP contribution in [0.15, 0.2) is 0 Å². The standard InChI is InChI=1S/C8H15NO4/c1-6(4-10)3-8(2,5-9)13-7(11)12/h4,6H,3,5,9H2,1-2H3,(H,11,12). The molecule has 0 saturated carbocycles. The van der Waals surface area contributed by atoms with Gasteiger partial charge in [-0.2, -0.15) is 0 Å². The first-order valence-electron chi connectivity index (χ1n) is 4.01. The summed E-state index contributed by atoms with van der Waals surface area (Å²) in [6, 6.07) is 0. The highest BCUT2D eigenvalue weighted by molar-refractivity contribution is 5.58. The van der Waals surface area contributed by atoms with Crippen LogP contribution in [0.2, 0.25) is 0 Å². The Hall–Kier alpha value is -1.10. The maximum atomic E-state index is 10.3.